The van der Waals surface area contributed by atoms with Crippen LogP contribution in [-0.4, -0.2) is 42.7 Å². The Morgan fingerprint density at radius 2 is 2.17 bits per heavy atom. The second-order valence-electron chi connectivity index (χ2n) is 6.01. The van der Waals surface area contributed by atoms with E-state index in [1.807, 2.05) is 0 Å². The lowest BCUT2D eigenvalue weighted by Gasteiger charge is -2.26. The Kier molecular flexibility index (Phi) is 5.03. The van der Waals surface area contributed by atoms with E-state index in [9.17, 15) is 23.3 Å². The highest BCUT2D eigenvalue weighted by Gasteiger charge is 2.31. The first-order valence-corrected chi connectivity index (χ1v) is 9.22. The second-order valence-corrected chi connectivity index (χ2v) is 8.23. The van der Waals surface area contributed by atoms with Gasteiger partial charge >= 0.3 is 0 Å². The van der Waals surface area contributed by atoms with Crippen LogP contribution in [0.4, 0.5) is 5.69 Å². The molecule has 1 heterocycles. The van der Waals surface area contributed by atoms with Gasteiger partial charge in [-0.15, -0.1) is 0 Å². The summed E-state index contributed by atoms with van der Waals surface area (Å²) in [5.74, 6) is -0.0641. The molecule has 0 unspecified atom stereocenters. The molecule has 0 radical (unpaired) electrons. The summed E-state index contributed by atoms with van der Waals surface area (Å²) in [5.41, 5.74) is 0.658. The average molecular weight is 340 g/mol. The first kappa shape index (κ1) is 17.4. The van der Waals surface area contributed by atoms with Crippen LogP contribution < -0.4 is 0 Å². The predicted octanol–water partition coefficient (Wildman–Crippen LogP) is 1.94. The van der Waals surface area contributed by atoms with Crippen LogP contribution in [0.3, 0.4) is 0 Å². The number of nitrogens with zero attached hydrogens (tertiary/aromatic N) is 2. The van der Waals surface area contributed by atoms with Crippen molar-refractivity contribution in [3.05, 3.63) is 39.9 Å². The number of rotatable bonds is 5. The van der Waals surface area contributed by atoms with Gasteiger partial charge < -0.3 is 4.90 Å². The minimum Gasteiger partial charge on any atom is -0.339 e. The SMILES string of the molecule is C[C@H](c1cccc([N+](=O)[O-])c1)N(C)C(=O)C[C@@H]1CCS(=O)(=O)C1. The number of amides is 1. The normalized spacial score (nSPS) is 20.9. The molecule has 1 aromatic carbocycles. The molecule has 0 bridgehead atoms. The van der Waals surface area contributed by atoms with Gasteiger partial charge in [0.15, 0.2) is 9.84 Å². The van der Waals surface area contributed by atoms with Crippen molar-refractivity contribution < 1.29 is 18.1 Å². The van der Waals surface area contributed by atoms with Crippen LogP contribution in [0.25, 0.3) is 0 Å². The molecule has 0 aromatic heterocycles. The lowest BCUT2D eigenvalue weighted by Crippen LogP contribution is -2.31. The Hall–Kier alpha value is -1.96. The molecule has 0 saturated carbocycles. The fraction of sp³-hybridized carbons (Fsp3) is 0.533. The number of hydrogen-bond acceptors (Lipinski definition) is 5. The number of non-ortho nitro benzene ring substituents is 1. The quantitative estimate of drug-likeness (QED) is 0.602. The Balaban J connectivity index is 2.04. The lowest BCUT2D eigenvalue weighted by molar-refractivity contribution is -0.384. The molecule has 1 fully saturated rings. The topological polar surface area (TPSA) is 97.6 Å². The van der Waals surface area contributed by atoms with Crippen molar-refractivity contribution in [1.29, 1.82) is 0 Å². The van der Waals surface area contributed by atoms with Crippen LogP contribution in [0, 0.1) is 16.0 Å². The molecule has 1 saturated heterocycles. The molecule has 23 heavy (non-hydrogen) atoms. The average Bonchev–Trinajstić information content (AvgIpc) is 2.84. The summed E-state index contributed by atoms with van der Waals surface area (Å²) in [7, 11) is -1.37. The maximum Gasteiger partial charge on any atom is 0.269 e. The Morgan fingerprint density at radius 3 is 2.74 bits per heavy atom. The Bertz CT molecular complexity index is 716. The highest BCUT2D eigenvalue weighted by molar-refractivity contribution is 7.91. The summed E-state index contributed by atoms with van der Waals surface area (Å²) < 4.78 is 22.9. The van der Waals surface area contributed by atoms with Gasteiger partial charge in [-0.3, -0.25) is 14.9 Å². The highest BCUT2D eigenvalue weighted by atomic mass is 32.2. The van der Waals surface area contributed by atoms with Crippen molar-refractivity contribution in [2.45, 2.75) is 25.8 Å². The summed E-state index contributed by atoms with van der Waals surface area (Å²) >= 11 is 0. The summed E-state index contributed by atoms with van der Waals surface area (Å²) in [6, 6.07) is 5.86. The van der Waals surface area contributed by atoms with Gasteiger partial charge in [-0.2, -0.15) is 0 Å². The van der Waals surface area contributed by atoms with Gasteiger partial charge in [0.2, 0.25) is 5.91 Å². The monoisotopic (exact) mass is 340 g/mol. The van der Waals surface area contributed by atoms with Crippen LogP contribution in [0.1, 0.15) is 31.4 Å². The molecule has 7 nitrogen and oxygen atoms in total. The maximum atomic E-state index is 12.3. The van der Waals surface area contributed by atoms with Gasteiger partial charge in [-0.25, -0.2) is 8.42 Å². The Morgan fingerprint density at radius 1 is 1.48 bits per heavy atom. The molecule has 1 aliphatic heterocycles. The van der Waals surface area contributed by atoms with E-state index in [2.05, 4.69) is 0 Å². The standard InChI is InChI=1S/C15H20N2O5S/c1-11(13-4-3-5-14(9-13)17(19)20)16(2)15(18)8-12-6-7-23(21,22)10-12/h3-5,9,11-12H,6-8,10H2,1-2H3/t11-,12+/m1/s1. The van der Waals surface area contributed by atoms with Crippen LogP contribution in [0.2, 0.25) is 0 Å². The molecule has 1 aromatic rings. The zero-order valence-electron chi connectivity index (χ0n) is 13.1. The van der Waals surface area contributed by atoms with E-state index >= 15 is 0 Å². The third-order valence-electron chi connectivity index (χ3n) is 4.33. The van der Waals surface area contributed by atoms with E-state index in [1.54, 1.807) is 26.1 Å². The van der Waals surface area contributed by atoms with Gasteiger partial charge in [0.25, 0.3) is 5.69 Å². The van der Waals surface area contributed by atoms with Crippen LogP contribution in [0.5, 0.6) is 0 Å². The number of benzene rings is 1. The van der Waals surface area contributed by atoms with Crippen molar-refractivity contribution in [3.63, 3.8) is 0 Å². The van der Waals surface area contributed by atoms with Crippen molar-refractivity contribution in [2.24, 2.45) is 5.92 Å². The molecule has 0 aliphatic carbocycles. The fourth-order valence-corrected chi connectivity index (χ4v) is 4.62. The van der Waals surface area contributed by atoms with Gasteiger partial charge in [-0.1, -0.05) is 12.1 Å². The van der Waals surface area contributed by atoms with Crippen molar-refractivity contribution in [3.8, 4) is 0 Å². The first-order chi connectivity index (χ1) is 10.7. The van der Waals surface area contributed by atoms with Gasteiger partial charge in [0.1, 0.15) is 0 Å². The molecule has 126 valence electrons. The molecular weight excluding hydrogens is 320 g/mol. The zero-order valence-corrected chi connectivity index (χ0v) is 14.0. The molecule has 0 spiro atoms. The van der Waals surface area contributed by atoms with Gasteiger partial charge in [-0.05, 0) is 24.8 Å². The lowest BCUT2D eigenvalue weighted by atomic mass is 10.0. The predicted molar refractivity (Wildman–Crippen MR) is 85.7 cm³/mol. The summed E-state index contributed by atoms with van der Waals surface area (Å²) in [5, 5.41) is 10.8. The highest BCUT2D eigenvalue weighted by Crippen LogP contribution is 2.26. The van der Waals surface area contributed by atoms with E-state index in [1.165, 1.54) is 17.0 Å². The molecule has 0 N–H and O–H groups in total. The number of hydrogen-bond donors (Lipinski definition) is 0. The van der Waals surface area contributed by atoms with Gasteiger partial charge in [0, 0.05) is 25.6 Å². The third-order valence-corrected chi connectivity index (χ3v) is 6.16. The molecule has 1 aliphatic rings. The zero-order chi connectivity index (χ0) is 17.2. The summed E-state index contributed by atoms with van der Waals surface area (Å²) in [6.45, 7) is 1.79. The molecular formula is C15H20N2O5S. The largest absolute Gasteiger partial charge is 0.339 e. The summed E-state index contributed by atoms with van der Waals surface area (Å²) in [4.78, 5) is 24.2. The third kappa shape index (κ3) is 4.28. The Labute approximate surface area is 135 Å². The number of carbonyl (C=O) groups excluding carboxylic acids is 1. The van der Waals surface area contributed by atoms with E-state index < -0.39 is 14.8 Å². The van der Waals surface area contributed by atoms with E-state index in [0.29, 0.717) is 12.0 Å². The van der Waals surface area contributed by atoms with Crippen molar-refractivity contribution in [2.75, 3.05) is 18.6 Å². The van der Waals surface area contributed by atoms with E-state index in [-0.39, 0.29) is 41.5 Å². The number of carbonyl (C=O) groups is 1. The van der Waals surface area contributed by atoms with Crippen molar-refractivity contribution in [1.82, 2.24) is 4.90 Å². The van der Waals surface area contributed by atoms with Gasteiger partial charge in [0.05, 0.1) is 22.5 Å². The molecule has 8 heteroatoms. The first-order valence-electron chi connectivity index (χ1n) is 7.40. The number of sulfone groups is 1. The van der Waals surface area contributed by atoms with Crippen LogP contribution in [-0.2, 0) is 14.6 Å². The fourth-order valence-electron chi connectivity index (χ4n) is 2.76. The number of nitro benzene ring substituents is 1. The minimum absolute atomic E-state index is 0.0166. The molecule has 2 rings (SSSR count). The maximum absolute atomic E-state index is 12.3. The second kappa shape index (κ2) is 6.66. The van der Waals surface area contributed by atoms with Crippen molar-refractivity contribution >= 4 is 21.4 Å². The molecule has 2 atom stereocenters. The molecule has 1 amide bonds. The summed E-state index contributed by atoms with van der Waals surface area (Å²) in [6.07, 6.45) is 0.710. The smallest absolute Gasteiger partial charge is 0.269 e. The van der Waals surface area contributed by atoms with Crippen LogP contribution in [0.15, 0.2) is 24.3 Å². The number of nitro groups is 1. The van der Waals surface area contributed by atoms with E-state index in [0.717, 1.165) is 0 Å². The minimum atomic E-state index is -3.00. The van der Waals surface area contributed by atoms with Crippen LogP contribution >= 0.6 is 0 Å². The van der Waals surface area contributed by atoms with E-state index in [4.69, 9.17) is 0 Å².